The summed E-state index contributed by atoms with van der Waals surface area (Å²) >= 11 is 6.03. The highest BCUT2D eigenvalue weighted by atomic mass is 35.5. The van der Waals surface area contributed by atoms with Gasteiger partial charge in [-0.2, -0.15) is 0 Å². The van der Waals surface area contributed by atoms with Gasteiger partial charge in [0.25, 0.3) is 0 Å². The van der Waals surface area contributed by atoms with Crippen LogP contribution in [0.2, 0.25) is 5.02 Å². The summed E-state index contributed by atoms with van der Waals surface area (Å²) in [7, 11) is -3.08. The summed E-state index contributed by atoms with van der Waals surface area (Å²) in [4.78, 5) is 3.10. The van der Waals surface area contributed by atoms with Crippen LogP contribution >= 0.6 is 11.6 Å². The lowest BCUT2D eigenvalue weighted by atomic mass is 9.99. The molecule has 0 unspecified atom stereocenters. The fraction of sp³-hybridized carbons (Fsp3) is 0.0556. The smallest absolute Gasteiger partial charge is 0.243 e. The molecule has 0 radical (unpaired) electrons. The van der Waals surface area contributed by atoms with Gasteiger partial charge in [-0.25, -0.2) is 22.3 Å². The number of nitrogens with zero attached hydrogens (tertiary/aromatic N) is 1. The highest BCUT2D eigenvalue weighted by molar-refractivity contribution is 7.89. The Bertz CT molecular complexity index is 1110. The van der Waals surface area contributed by atoms with Gasteiger partial charge in [-0.05, 0) is 35.9 Å². The molecular formula is C18H13ClF2N2O3S. The lowest BCUT2D eigenvalue weighted by molar-refractivity contribution is 0.415. The number of hydrogen-bond donors (Lipinski definition) is 1. The molecule has 140 valence electrons. The van der Waals surface area contributed by atoms with E-state index in [4.69, 9.17) is 21.5 Å². The Morgan fingerprint density at radius 1 is 1.07 bits per heavy atom. The maximum atomic E-state index is 14.2. The van der Waals surface area contributed by atoms with Gasteiger partial charge in [0.2, 0.25) is 10.0 Å². The van der Waals surface area contributed by atoms with Crippen molar-refractivity contribution in [2.24, 2.45) is 5.14 Å². The van der Waals surface area contributed by atoms with E-state index in [1.807, 2.05) is 0 Å². The van der Waals surface area contributed by atoms with Crippen LogP contribution in [0.5, 0.6) is 5.75 Å². The molecule has 3 aromatic rings. The van der Waals surface area contributed by atoms with Gasteiger partial charge in [0, 0.05) is 17.3 Å². The summed E-state index contributed by atoms with van der Waals surface area (Å²) < 4.78 is 56.4. The third-order valence-electron chi connectivity index (χ3n) is 3.83. The van der Waals surface area contributed by atoms with Gasteiger partial charge >= 0.3 is 0 Å². The molecule has 1 heterocycles. The Kier molecular flexibility index (Phi) is 5.14. The van der Waals surface area contributed by atoms with Crippen LogP contribution in [0.3, 0.4) is 0 Å². The monoisotopic (exact) mass is 410 g/mol. The summed E-state index contributed by atoms with van der Waals surface area (Å²) in [5, 5.41) is 5.26. The Morgan fingerprint density at radius 2 is 1.74 bits per heavy atom. The lowest BCUT2D eigenvalue weighted by Gasteiger charge is -2.12. The molecule has 1 aromatic heterocycles. The van der Waals surface area contributed by atoms with Crippen LogP contribution < -0.4 is 9.88 Å². The van der Waals surface area contributed by atoms with Crippen molar-refractivity contribution < 1.29 is 21.9 Å². The number of halogens is 3. The van der Waals surface area contributed by atoms with Crippen molar-refractivity contribution in [3.8, 4) is 28.1 Å². The first-order valence-corrected chi connectivity index (χ1v) is 9.46. The minimum atomic E-state index is -4.54. The number of aromatic nitrogens is 1. The van der Waals surface area contributed by atoms with Crippen LogP contribution in [0.4, 0.5) is 8.78 Å². The second kappa shape index (κ2) is 7.22. The van der Waals surface area contributed by atoms with E-state index in [0.717, 1.165) is 12.1 Å². The van der Waals surface area contributed by atoms with Gasteiger partial charge in [-0.3, -0.25) is 4.98 Å². The Hall–Kier alpha value is -2.55. The zero-order valence-corrected chi connectivity index (χ0v) is 15.5. The van der Waals surface area contributed by atoms with Gasteiger partial charge in [0.15, 0.2) is 4.90 Å². The first-order valence-electron chi connectivity index (χ1n) is 7.53. The molecule has 0 fully saturated rings. The molecule has 0 aliphatic heterocycles. The van der Waals surface area contributed by atoms with E-state index >= 15 is 0 Å². The maximum Gasteiger partial charge on any atom is 0.243 e. The van der Waals surface area contributed by atoms with Crippen LogP contribution in [-0.4, -0.2) is 20.5 Å². The molecule has 9 heteroatoms. The average molecular weight is 411 g/mol. The zero-order chi connectivity index (χ0) is 19.8. The summed E-state index contributed by atoms with van der Waals surface area (Å²) in [6, 6.07) is 9.93. The minimum Gasteiger partial charge on any atom is -0.495 e. The predicted molar refractivity (Wildman–Crippen MR) is 98.0 cm³/mol. The molecule has 0 spiro atoms. The van der Waals surface area contributed by atoms with E-state index in [2.05, 4.69) is 4.98 Å². The van der Waals surface area contributed by atoms with Crippen molar-refractivity contribution in [2.75, 3.05) is 7.11 Å². The molecule has 27 heavy (non-hydrogen) atoms. The van der Waals surface area contributed by atoms with Crippen LogP contribution in [0, 0.1) is 11.6 Å². The number of methoxy groups -OCH3 is 1. The molecule has 0 bridgehead atoms. The van der Waals surface area contributed by atoms with E-state index in [1.165, 1.54) is 13.3 Å². The molecule has 2 aromatic carbocycles. The summed E-state index contributed by atoms with van der Waals surface area (Å²) in [5.41, 5.74) is 1.51. The van der Waals surface area contributed by atoms with Crippen LogP contribution in [0.1, 0.15) is 0 Å². The number of sulfonamides is 1. The van der Waals surface area contributed by atoms with Gasteiger partial charge in [-0.15, -0.1) is 0 Å². The van der Waals surface area contributed by atoms with Crippen molar-refractivity contribution in [1.29, 1.82) is 0 Å². The molecule has 0 atom stereocenters. The van der Waals surface area contributed by atoms with E-state index in [9.17, 15) is 17.2 Å². The van der Waals surface area contributed by atoms with Crippen molar-refractivity contribution in [1.82, 2.24) is 4.98 Å². The van der Waals surface area contributed by atoms with Gasteiger partial charge in [0.1, 0.15) is 17.4 Å². The van der Waals surface area contributed by atoms with Gasteiger partial charge in [0.05, 0.1) is 17.8 Å². The Morgan fingerprint density at radius 3 is 2.33 bits per heavy atom. The third-order valence-corrected chi connectivity index (χ3v) is 5.10. The second-order valence-electron chi connectivity index (χ2n) is 5.56. The number of hydrogen-bond acceptors (Lipinski definition) is 4. The molecule has 0 aliphatic rings. The second-order valence-corrected chi connectivity index (χ2v) is 7.47. The average Bonchev–Trinajstić information content (AvgIpc) is 2.60. The minimum absolute atomic E-state index is 0.106. The highest BCUT2D eigenvalue weighted by Crippen LogP contribution is 2.36. The highest BCUT2D eigenvalue weighted by Gasteiger charge is 2.22. The first kappa shape index (κ1) is 19.2. The molecule has 0 saturated carbocycles. The molecule has 5 nitrogen and oxygen atoms in total. The van der Waals surface area contributed by atoms with Crippen LogP contribution in [0.25, 0.3) is 22.4 Å². The molecule has 3 rings (SSSR count). The topological polar surface area (TPSA) is 82.3 Å². The fourth-order valence-electron chi connectivity index (χ4n) is 2.66. The Labute approximate surface area is 159 Å². The van der Waals surface area contributed by atoms with Crippen molar-refractivity contribution in [2.45, 2.75) is 4.90 Å². The summed E-state index contributed by atoms with van der Waals surface area (Å²) in [6.07, 6.45) is 1.52. The maximum absolute atomic E-state index is 14.2. The standard InChI is InChI=1S/C18H13ClF2N2O3S/c1-26-16-9-10(4-5-13(16)19)17-12(3-2-6-23-17)11-7-14(20)18(15(21)8-11)27(22,24)25/h2-9H,1H3,(H2,22,24,25). The number of primary sulfonamides is 1. The molecule has 2 N–H and O–H groups in total. The SMILES string of the molecule is COc1cc(-c2ncccc2-c2cc(F)c(S(N)(=O)=O)c(F)c2)ccc1Cl. The normalized spacial score (nSPS) is 11.4. The van der Waals surface area contributed by atoms with Crippen molar-refractivity contribution in [3.05, 3.63) is 65.3 Å². The molecular weight excluding hydrogens is 398 g/mol. The number of nitrogens with two attached hydrogens (primary N) is 1. The van der Waals surface area contributed by atoms with E-state index in [-0.39, 0.29) is 5.56 Å². The third kappa shape index (κ3) is 3.78. The van der Waals surface area contributed by atoms with Crippen molar-refractivity contribution in [3.63, 3.8) is 0 Å². The first-order chi connectivity index (χ1) is 12.7. The molecule has 0 aliphatic carbocycles. The largest absolute Gasteiger partial charge is 0.495 e. The quantitative estimate of drug-likeness (QED) is 0.704. The molecule has 0 amide bonds. The number of ether oxygens (including phenoxy) is 1. The molecule has 0 saturated heterocycles. The van der Waals surface area contributed by atoms with E-state index in [0.29, 0.717) is 27.6 Å². The zero-order valence-electron chi connectivity index (χ0n) is 13.9. The van der Waals surface area contributed by atoms with E-state index in [1.54, 1.807) is 30.3 Å². The van der Waals surface area contributed by atoms with Crippen molar-refractivity contribution >= 4 is 21.6 Å². The van der Waals surface area contributed by atoms with Gasteiger partial charge in [-0.1, -0.05) is 23.7 Å². The Balaban J connectivity index is 2.21. The summed E-state index contributed by atoms with van der Waals surface area (Å²) in [6.45, 7) is 0. The van der Waals surface area contributed by atoms with E-state index < -0.39 is 26.6 Å². The van der Waals surface area contributed by atoms with Gasteiger partial charge < -0.3 is 4.74 Å². The number of rotatable bonds is 4. The number of pyridine rings is 1. The number of benzene rings is 2. The van der Waals surface area contributed by atoms with Crippen LogP contribution in [0.15, 0.2) is 53.6 Å². The predicted octanol–water partition coefficient (Wildman–Crippen LogP) is 4.00. The van der Waals surface area contributed by atoms with Crippen LogP contribution in [-0.2, 0) is 10.0 Å². The fourth-order valence-corrected chi connectivity index (χ4v) is 3.52. The summed E-state index contributed by atoms with van der Waals surface area (Å²) in [5.74, 6) is -2.15. The lowest BCUT2D eigenvalue weighted by Crippen LogP contribution is -2.16.